The van der Waals surface area contributed by atoms with Crippen LogP contribution in [0.2, 0.25) is 0 Å². The van der Waals surface area contributed by atoms with Crippen molar-refractivity contribution in [2.45, 2.75) is 44.8 Å². The molecule has 31 heavy (non-hydrogen) atoms. The number of rotatable bonds is 7. The second-order valence-electron chi connectivity index (χ2n) is 7.73. The van der Waals surface area contributed by atoms with Gasteiger partial charge in [0.1, 0.15) is 5.82 Å². The molecule has 2 N–H and O–H groups in total. The average molecular weight is 424 g/mol. The Morgan fingerprint density at radius 2 is 1.97 bits per heavy atom. The molecule has 2 aliphatic rings. The van der Waals surface area contributed by atoms with E-state index >= 15 is 0 Å². The van der Waals surface area contributed by atoms with Gasteiger partial charge in [0.15, 0.2) is 6.29 Å². The molecule has 0 bridgehead atoms. The Hall–Kier alpha value is -2.97. The fourth-order valence-electron chi connectivity index (χ4n) is 3.74. The van der Waals surface area contributed by atoms with Gasteiger partial charge in [-0.05, 0) is 50.3 Å². The minimum Gasteiger partial charge on any atom is -0.370 e. The highest BCUT2D eigenvalue weighted by molar-refractivity contribution is 5.90. The van der Waals surface area contributed by atoms with Crippen LogP contribution in [0.25, 0.3) is 6.08 Å². The van der Waals surface area contributed by atoms with Crippen molar-refractivity contribution in [1.82, 2.24) is 15.4 Å². The number of amides is 1. The monoisotopic (exact) mass is 423 g/mol. The molecular formula is C23H29N5O3. The van der Waals surface area contributed by atoms with Crippen molar-refractivity contribution in [3.63, 3.8) is 0 Å². The van der Waals surface area contributed by atoms with Gasteiger partial charge in [0, 0.05) is 32.2 Å². The molecule has 1 aromatic carbocycles. The highest BCUT2D eigenvalue weighted by Crippen LogP contribution is 2.30. The second-order valence-corrected chi connectivity index (χ2v) is 7.73. The molecule has 8 heteroatoms. The zero-order valence-corrected chi connectivity index (χ0v) is 17.6. The van der Waals surface area contributed by atoms with Crippen molar-refractivity contribution in [2.24, 2.45) is 0 Å². The zero-order chi connectivity index (χ0) is 21.3. The number of ether oxygens (including phenoxy) is 1. The summed E-state index contributed by atoms with van der Waals surface area (Å²) in [5.41, 5.74) is 5.17. The number of piperidine rings is 1. The lowest BCUT2D eigenvalue weighted by Crippen LogP contribution is -2.32. The van der Waals surface area contributed by atoms with E-state index in [2.05, 4.69) is 43.9 Å². The van der Waals surface area contributed by atoms with Crippen LogP contribution in [-0.2, 0) is 14.4 Å². The zero-order valence-electron chi connectivity index (χ0n) is 17.6. The molecule has 4 rings (SSSR count). The first-order valence-electron chi connectivity index (χ1n) is 11.0. The largest absolute Gasteiger partial charge is 0.370 e. The normalized spacial score (nSPS) is 19.4. The van der Waals surface area contributed by atoms with E-state index in [4.69, 9.17) is 9.57 Å². The molecule has 1 aromatic heterocycles. The summed E-state index contributed by atoms with van der Waals surface area (Å²) in [5, 5.41) is 3.37. The molecule has 164 valence electrons. The van der Waals surface area contributed by atoms with E-state index in [1.165, 1.54) is 31.0 Å². The van der Waals surface area contributed by atoms with Crippen LogP contribution in [0, 0.1) is 0 Å². The first kappa shape index (κ1) is 21.3. The van der Waals surface area contributed by atoms with E-state index in [-0.39, 0.29) is 12.2 Å². The first-order valence-corrected chi connectivity index (χ1v) is 11.0. The summed E-state index contributed by atoms with van der Waals surface area (Å²) in [6, 6.07) is 8.26. The molecule has 2 saturated heterocycles. The van der Waals surface area contributed by atoms with E-state index in [9.17, 15) is 4.79 Å². The van der Waals surface area contributed by atoms with Crippen LogP contribution in [0.5, 0.6) is 0 Å². The lowest BCUT2D eigenvalue weighted by Gasteiger charge is -2.30. The molecule has 0 saturated carbocycles. The van der Waals surface area contributed by atoms with Crippen molar-refractivity contribution in [1.29, 1.82) is 0 Å². The maximum Gasteiger partial charge on any atom is 0.267 e. The number of anilines is 3. The molecule has 0 aliphatic carbocycles. The van der Waals surface area contributed by atoms with Gasteiger partial charge in [-0.15, -0.1) is 0 Å². The van der Waals surface area contributed by atoms with Gasteiger partial charge in [0.2, 0.25) is 0 Å². The van der Waals surface area contributed by atoms with Crippen LogP contribution in [0.1, 0.15) is 44.2 Å². The van der Waals surface area contributed by atoms with Gasteiger partial charge in [-0.1, -0.05) is 12.1 Å². The quantitative estimate of drug-likeness (QED) is 0.517. The summed E-state index contributed by atoms with van der Waals surface area (Å²) in [5.74, 6) is 0.289. The van der Waals surface area contributed by atoms with Gasteiger partial charge < -0.3 is 15.0 Å². The molecule has 1 amide bonds. The van der Waals surface area contributed by atoms with Crippen molar-refractivity contribution in [2.75, 3.05) is 29.9 Å². The number of nitrogens with zero attached hydrogens (tertiary/aromatic N) is 3. The van der Waals surface area contributed by atoms with Gasteiger partial charge in [-0.25, -0.2) is 15.3 Å². The van der Waals surface area contributed by atoms with Crippen molar-refractivity contribution in [3.05, 3.63) is 48.4 Å². The SMILES string of the molecule is O=C(C=Cc1cnc(Nc2ccccc2N2CCCCC2)cn1)NOC1CCCCO1. The fourth-order valence-corrected chi connectivity index (χ4v) is 3.74. The smallest absolute Gasteiger partial charge is 0.267 e. The molecule has 2 aliphatic heterocycles. The average Bonchev–Trinajstić information content (AvgIpc) is 2.84. The minimum absolute atomic E-state index is 0.367. The summed E-state index contributed by atoms with van der Waals surface area (Å²) in [6.45, 7) is 2.81. The minimum atomic E-state index is -0.371. The summed E-state index contributed by atoms with van der Waals surface area (Å²) in [7, 11) is 0. The topological polar surface area (TPSA) is 88.6 Å². The van der Waals surface area contributed by atoms with Crippen LogP contribution in [0.3, 0.4) is 0 Å². The number of benzene rings is 1. The van der Waals surface area contributed by atoms with E-state index in [1.807, 2.05) is 6.07 Å². The van der Waals surface area contributed by atoms with E-state index < -0.39 is 0 Å². The Kier molecular flexibility index (Phi) is 7.46. The molecule has 0 radical (unpaired) electrons. The predicted octanol–water partition coefficient (Wildman–Crippen LogP) is 3.80. The van der Waals surface area contributed by atoms with E-state index in [0.717, 1.165) is 38.0 Å². The lowest BCUT2D eigenvalue weighted by molar-refractivity contribution is -0.198. The molecule has 8 nitrogen and oxygen atoms in total. The predicted molar refractivity (Wildman–Crippen MR) is 120 cm³/mol. The maximum atomic E-state index is 11.9. The van der Waals surface area contributed by atoms with Crippen molar-refractivity contribution >= 4 is 29.2 Å². The number of carbonyl (C=O) groups is 1. The van der Waals surface area contributed by atoms with Gasteiger partial charge in [0.05, 0.1) is 29.5 Å². The standard InChI is InChI=1S/C23H29N5O3/c29-22(27-31-23-10-4-7-15-30-23)12-11-18-16-25-21(17-24-18)26-19-8-2-3-9-20(19)28-13-5-1-6-14-28/h2-3,8-9,11-12,16-17,23H,1,4-7,10,13-15H2,(H,25,26)(H,27,29). The Balaban J connectivity index is 1.31. The number of nitrogens with one attached hydrogen (secondary N) is 2. The molecule has 0 spiro atoms. The van der Waals surface area contributed by atoms with E-state index in [1.54, 1.807) is 18.5 Å². The Morgan fingerprint density at radius 3 is 2.74 bits per heavy atom. The number of hydroxylamine groups is 1. The first-order chi connectivity index (χ1) is 15.3. The number of aromatic nitrogens is 2. The summed E-state index contributed by atoms with van der Waals surface area (Å²) < 4.78 is 5.41. The van der Waals surface area contributed by atoms with Crippen LogP contribution in [-0.4, -0.2) is 41.9 Å². The summed E-state index contributed by atoms with van der Waals surface area (Å²) in [4.78, 5) is 28.4. The van der Waals surface area contributed by atoms with Gasteiger partial charge in [-0.2, -0.15) is 0 Å². The molecule has 2 aromatic rings. The summed E-state index contributed by atoms with van der Waals surface area (Å²) >= 11 is 0. The molecular weight excluding hydrogens is 394 g/mol. The highest BCUT2D eigenvalue weighted by Gasteiger charge is 2.15. The molecule has 1 unspecified atom stereocenters. The number of hydrogen-bond acceptors (Lipinski definition) is 7. The molecule has 2 fully saturated rings. The Labute approximate surface area is 182 Å². The Morgan fingerprint density at radius 1 is 1.10 bits per heavy atom. The van der Waals surface area contributed by atoms with Crippen molar-refractivity contribution in [3.8, 4) is 0 Å². The third-order valence-electron chi connectivity index (χ3n) is 5.37. The Bertz CT molecular complexity index is 875. The summed E-state index contributed by atoms with van der Waals surface area (Å²) in [6.07, 6.45) is 12.5. The molecule has 1 atom stereocenters. The van der Waals surface area contributed by atoms with Gasteiger partial charge in [-0.3, -0.25) is 9.78 Å². The lowest BCUT2D eigenvalue weighted by atomic mass is 10.1. The fraction of sp³-hybridized carbons (Fsp3) is 0.435. The van der Waals surface area contributed by atoms with Crippen LogP contribution in [0.4, 0.5) is 17.2 Å². The van der Waals surface area contributed by atoms with Crippen LogP contribution in [0.15, 0.2) is 42.7 Å². The highest BCUT2D eigenvalue weighted by atomic mass is 16.8. The maximum absolute atomic E-state index is 11.9. The van der Waals surface area contributed by atoms with E-state index in [0.29, 0.717) is 18.1 Å². The van der Waals surface area contributed by atoms with Crippen LogP contribution < -0.4 is 15.7 Å². The van der Waals surface area contributed by atoms with Gasteiger partial charge >= 0.3 is 0 Å². The number of hydrogen-bond donors (Lipinski definition) is 2. The van der Waals surface area contributed by atoms with Crippen LogP contribution >= 0.6 is 0 Å². The van der Waals surface area contributed by atoms with Gasteiger partial charge in [0.25, 0.3) is 5.91 Å². The number of carbonyl (C=O) groups excluding carboxylic acids is 1. The molecule has 3 heterocycles. The third kappa shape index (κ3) is 6.26. The third-order valence-corrected chi connectivity index (χ3v) is 5.37. The number of para-hydroxylation sites is 2. The van der Waals surface area contributed by atoms with Crippen molar-refractivity contribution < 1.29 is 14.4 Å². The second kappa shape index (κ2) is 10.9.